The van der Waals surface area contributed by atoms with E-state index in [0.29, 0.717) is 11.4 Å². The standard InChI is InChI=1S/C22H31NO4/c1-15-16(2)22(25)23(21(15)24)19-9-11-20(12-10-19)27-17(3)26-14-13-18-7-5-4-6-8-18/h9-12,15-18H,4-8,13-14H2,1-3H3. The highest BCUT2D eigenvalue weighted by Gasteiger charge is 2.42. The van der Waals surface area contributed by atoms with Gasteiger partial charge < -0.3 is 9.47 Å². The van der Waals surface area contributed by atoms with Crippen molar-refractivity contribution in [3.8, 4) is 5.75 Å². The number of benzene rings is 1. The molecule has 1 aromatic carbocycles. The Hall–Kier alpha value is -1.88. The van der Waals surface area contributed by atoms with E-state index in [1.54, 1.807) is 38.1 Å². The third-order valence-corrected chi connectivity index (χ3v) is 5.97. The summed E-state index contributed by atoms with van der Waals surface area (Å²) in [5.41, 5.74) is 0.597. The van der Waals surface area contributed by atoms with E-state index < -0.39 is 0 Å². The summed E-state index contributed by atoms with van der Waals surface area (Å²) in [6.07, 6.45) is 7.50. The third-order valence-electron chi connectivity index (χ3n) is 5.97. The van der Waals surface area contributed by atoms with Gasteiger partial charge in [-0.15, -0.1) is 0 Å². The van der Waals surface area contributed by atoms with Crippen molar-refractivity contribution in [2.24, 2.45) is 17.8 Å². The molecule has 3 rings (SSSR count). The Balaban J connectivity index is 1.48. The summed E-state index contributed by atoms with van der Waals surface area (Å²) in [6.45, 7) is 6.21. The van der Waals surface area contributed by atoms with Crippen LogP contribution in [0.2, 0.25) is 0 Å². The maximum atomic E-state index is 12.3. The molecule has 0 N–H and O–H groups in total. The molecule has 0 spiro atoms. The molecule has 1 saturated carbocycles. The van der Waals surface area contributed by atoms with Crippen LogP contribution in [-0.2, 0) is 14.3 Å². The molecule has 1 aliphatic carbocycles. The number of amides is 2. The molecule has 148 valence electrons. The lowest BCUT2D eigenvalue weighted by atomic mass is 9.87. The van der Waals surface area contributed by atoms with E-state index in [2.05, 4.69) is 0 Å². The minimum atomic E-state index is -0.325. The highest BCUT2D eigenvalue weighted by Crippen LogP contribution is 2.31. The minimum absolute atomic E-state index is 0.138. The first-order valence-electron chi connectivity index (χ1n) is 10.2. The van der Waals surface area contributed by atoms with Crippen molar-refractivity contribution in [3.05, 3.63) is 24.3 Å². The van der Waals surface area contributed by atoms with E-state index in [-0.39, 0.29) is 29.9 Å². The lowest BCUT2D eigenvalue weighted by Gasteiger charge is -2.22. The Labute approximate surface area is 162 Å². The lowest BCUT2D eigenvalue weighted by molar-refractivity contribution is -0.122. The number of hydrogen-bond acceptors (Lipinski definition) is 4. The maximum Gasteiger partial charge on any atom is 0.237 e. The second-order valence-electron chi connectivity index (χ2n) is 7.93. The molecule has 0 radical (unpaired) electrons. The van der Waals surface area contributed by atoms with Crippen LogP contribution < -0.4 is 9.64 Å². The molecule has 27 heavy (non-hydrogen) atoms. The van der Waals surface area contributed by atoms with Crippen LogP contribution in [0.5, 0.6) is 5.75 Å². The van der Waals surface area contributed by atoms with Crippen LogP contribution in [0.4, 0.5) is 5.69 Å². The van der Waals surface area contributed by atoms with Gasteiger partial charge in [0, 0.05) is 11.8 Å². The Kier molecular flexibility index (Phi) is 6.53. The summed E-state index contributed by atoms with van der Waals surface area (Å²) in [7, 11) is 0. The number of imide groups is 1. The van der Waals surface area contributed by atoms with Gasteiger partial charge in [0.1, 0.15) is 5.75 Å². The first kappa shape index (κ1) is 19.9. The SMILES string of the molecule is CC(OCCC1CCCCC1)Oc1ccc(N2C(=O)C(C)C(C)C2=O)cc1. The molecule has 0 bridgehead atoms. The molecule has 3 atom stereocenters. The van der Waals surface area contributed by atoms with Crippen molar-refractivity contribution >= 4 is 17.5 Å². The van der Waals surface area contributed by atoms with Gasteiger partial charge in [-0.1, -0.05) is 46.0 Å². The number of carbonyl (C=O) groups is 2. The van der Waals surface area contributed by atoms with E-state index >= 15 is 0 Å². The van der Waals surface area contributed by atoms with E-state index in [0.717, 1.165) is 18.9 Å². The first-order chi connectivity index (χ1) is 13.0. The monoisotopic (exact) mass is 373 g/mol. The number of ether oxygens (including phenoxy) is 2. The van der Waals surface area contributed by atoms with Crippen molar-refractivity contribution < 1.29 is 19.1 Å². The van der Waals surface area contributed by atoms with Crippen molar-refractivity contribution in [2.45, 2.75) is 65.6 Å². The lowest BCUT2D eigenvalue weighted by Crippen LogP contribution is -2.30. The molecule has 2 amide bonds. The average molecular weight is 373 g/mol. The molecule has 5 nitrogen and oxygen atoms in total. The van der Waals surface area contributed by atoms with Crippen LogP contribution in [0.25, 0.3) is 0 Å². The van der Waals surface area contributed by atoms with Gasteiger partial charge in [0.2, 0.25) is 11.8 Å². The Morgan fingerprint density at radius 1 is 1.00 bits per heavy atom. The second-order valence-corrected chi connectivity index (χ2v) is 7.93. The second kappa shape index (κ2) is 8.87. The smallest absolute Gasteiger partial charge is 0.237 e. The van der Waals surface area contributed by atoms with Gasteiger partial charge in [0.15, 0.2) is 6.29 Å². The molecule has 1 aromatic rings. The maximum absolute atomic E-state index is 12.3. The van der Waals surface area contributed by atoms with E-state index in [9.17, 15) is 9.59 Å². The molecule has 2 fully saturated rings. The number of hydrogen-bond donors (Lipinski definition) is 0. The van der Waals surface area contributed by atoms with Gasteiger partial charge in [-0.3, -0.25) is 14.5 Å². The third kappa shape index (κ3) is 4.70. The van der Waals surface area contributed by atoms with Gasteiger partial charge in [-0.25, -0.2) is 0 Å². The molecular weight excluding hydrogens is 342 g/mol. The van der Waals surface area contributed by atoms with Gasteiger partial charge in [0.25, 0.3) is 0 Å². The first-order valence-corrected chi connectivity index (χ1v) is 10.2. The summed E-state index contributed by atoms with van der Waals surface area (Å²) in [4.78, 5) is 25.9. The molecule has 1 heterocycles. The fourth-order valence-electron chi connectivity index (χ4n) is 3.97. The molecular formula is C22H31NO4. The van der Waals surface area contributed by atoms with Crippen LogP contribution in [0, 0.1) is 17.8 Å². The van der Waals surface area contributed by atoms with Crippen molar-refractivity contribution in [1.29, 1.82) is 0 Å². The fraction of sp³-hybridized carbons (Fsp3) is 0.636. The predicted molar refractivity (Wildman–Crippen MR) is 104 cm³/mol. The Bertz CT molecular complexity index is 631. The van der Waals surface area contributed by atoms with Gasteiger partial charge >= 0.3 is 0 Å². The Morgan fingerprint density at radius 2 is 1.59 bits per heavy atom. The van der Waals surface area contributed by atoms with Gasteiger partial charge in [-0.05, 0) is 43.5 Å². The number of nitrogens with zero attached hydrogens (tertiary/aromatic N) is 1. The minimum Gasteiger partial charge on any atom is -0.465 e. The zero-order chi connectivity index (χ0) is 19.4. The van der Waals surface area contributed by atoms with Crippen molar-refractivity contribution in [2.75, 3.05) is 11.5 Å². The fourth-order valence-corrected chi connectivity index (χ4v) is 3.97. The molecule has 5 heteroatoms. The van der Waals surface area contributed by atoms with Crippen LogP contribution >= 0.6 is 0 Å². The summed E-state index contributed by atoms with van der Waals surface area (Å²) in [5.74, 6) is 0.646. The molecule has 1 saturated heterocycles. The van der Waals surface area contributed by atoms with Crippen LogP contribution in [0.15, 0.2) is 24.3 Å². The molecule has 2 aliphatic rings. The van der Waals surface area contributed by atoms with Gasteiger partial charge in [-0.2, -0.15) is 0 Å². The quantitative estimate of drug-likeness (QED) is 0.520. The van der Waals surface area contributed by atoms with Crippen LogP contribution in [0.1, 0.15) is 59.3 Å². The van der Waals surface area contributed by atoms with E-state index in [1.165, 1.54) is 37.0 Å². The Morgan fingerprint density at radius 3 is 2.19 bits per heavy atom. The predicted octanol–water partition coefficient (Wildman–Crippen LogP) is 4.54. The highest BCUT2D eigenvalue weighted by molar-refractivity contribution is 6.21. The number of anilines is 1. The average Bonchev–Trinajstić information content (AvgIpc) is 2.86. The summed E-state index contributed by atoms with van der Waals surface area (Å²) < 4.78 is 11.6. The van der Waals surface area contributed by atoms with Crippen molar-refractivity contribution in [3.63, 3.8) is 0 Å². The highest BCUT2D eigenvalue weighted by atomic mass is 16.7. The zero-order valence-corrected chi connectivity index (χ0v) is 16.6. The molecule has 0 aromatic heterocycles. The van der Waals surface area contributed by atoms with Crippen molar-refractivity contribution in [1.82, 2.24) is 0 Å². The van der Waals surface area contributed by atoms with E-state index in [1.807, 2.05) is 6.92 Å². The van der Waals surface area contributed by atoms with Crippen LogP contribution in [0.3, 0.4) is 0 Å². The van der Waals surface area contributed by atoms with E-state index in [4.69, 9.17) is 9.47 Å². The summed E-state index contributed by atoms with van der Waals surface area (Å²) in [5, 5.41) is 0. The van der Waals surface area contributed by atoms with Crippen LogP contribution in [-0.4, -0.2) is 24.7 Å². The number of carbonyl (C=O) groups excluding carboxylic acids is 2. The molecule has 1 aliphatic heterocycles. The zero-order valence-electron chi connectivity index (χ0n) is 16.6. The summed E-state index contributed by atoms with van der Waals surface area (Å²) in [6, 6.07) is 7.07. The van der Waals surface area contributed by atoms with Gasteiger partial charge in [0.05, 0.1) is 12.3 Å². The number of rotatable bonds is 7. The largest absolute Gasteiger partial charge is 0.465 e. The summed E-state index contributed by atoms with van der Waals surface area (Å²) >= 11 is 0. The topological polar surface area (TPSA) is 55.8 Å². The molecule has 3 unspecified atom stereocenters. The normalized spacial score (nSPS) is 25.1.